The molecule has 1 fully saturated rings. The van der Waals surface area contributed by atoms with Gasteiger partial charge in [-0.05, 0) is 43.2 Å². The highest BCUT2D eigenvalue weighted by Crippen LogP contribution is 2.27. The number of piperidine rings is 1. The molecule has 1 amide bonds. The number of hydrogen-bond donors (Lipinski definition) is 1. The van der Waals surface area contributed by atoms with E-state index in [0.29, 0.717) is 24.3 Å². The number of hydrogen-bond acceptors (Lipinski definition) is 5. The molecular formula is C24H23N7O. The van der Waals surface area contributed by atoms with Gasteiger partial charge in [-0.3, -0.25) is 4.79 Å². The first kappa shape index (κ1) is 20.0. The Balaban J connectivity index is 1.61. The van der Waals surface area contributed by atoms with Crippen LogP contribution in [0, 0.1) is 11.3 Å². The van der Waals surface area contributed by atoms with Crippen LogP contribution in [0.3, 0.4) is 0 Å². The maximum absolute atomic E-state index is 13.2. The number of nitrogens with two attached hydrogens (primary N) is 1. The van der Waals surface area contributed by atoms with Crippen LogP contribution >= 0.6 is 0 Å². The van der Waals surface area contributed by atoms with Crippen molar-refractivity contribution >= 4 is 16.9 Å². The zero-order valence-corrected chi connectivity index (χ0v) is 17.8. The molecule has 4 heterocycles. The smallest absolute Gasteiger partial charge is 0.274 e. The fourth-order valence-electron chi connectivity index (χ4n) is 4.22. The van der Waals surface area contributed by atoms with Gasteiger partial charge in [0.25, 0.3) is 5.91 Å². The van der Waals surface area contributed by atoms with E-state index in [0.717, 1.165) is 40.8 Å². The number of fused-ring (bicyclic) bond motifs is 1. The highest BCUT2D eigenvalue weighted by atomic mass is 16.2. The van der Waals surface area contributed by atoms with E-state index in [9.17, 15) is 4.79 Å². The third-order valence-electron chi connectivity index (χ3n) is 5.92. The molecule has 0 saturated carbocycles. The molecule has 32 heavy (non-hydrogen) atoms. The minimum atomic E-state index is -0.123. The minimum absolute atomic E-state index is 0.00234. The summed E-state index contributed by atoms with van der Waals surface area (Å²) in [6.45, 7) is 1.22. The molecule has 1 atom stereocenters. The SMILES string of the molecule is Cn1ccc2cc(-n3nc(C(=O)N4CCCC(N)C4)cc3-c3ccc(C#N)cc3)cnc21. The number of aryl methyl sites for hydroxylation is 1. The summed E-state index contributed by atoms with van der Waals surface area (Å²) in [5, 5.41) is 14.8. The number of carbonyl (C=O) groups excluding carboxylic acids is 1. The molecule has 0 spiro atoms. The third kappa shape index (κ3) is 3.53. The standard InChI is InChI=1S/C24H23N7O/c1-29-10-8-18-11-20(14-27-23(18)29)31-22(17-6-4-16(13-25)5-7-17)12-21(28-31)24(32)30-9-2-3-19(26)15-30/h4-8,10-12,14,19H,2-3,9,15,26H2,1H3. The lowest BCUT2D eigenvalue weighted by atomic mass is 10.1. The second-order valence-corrected chi connectivity index (χ2v) is 8.20. The number of likely N-dealkylation sites (tertiary alicyclic amines) is 1. The first-order valence-electron chi connectivity index (χ1n) is 10.6. The van der Waals surface area contributed by atoms with Crippen LogP contribution in [0.2, 0.25) is 0 Å². The average molecular weight is 425 g/mol. The van der Waals surface area contributed by atoms with Gasteiger partial charge in [-0.15, -0.1) is 0 Å². The van der Waals surface area contributed by atoms with Crippen molar-refractivity contribution in [3.63, 3.8) is 0 Å². The second kappa shape index (κ2) is 7.94. The summed E-state index contributed by atoms with van der Waals surface area (Å²) in [6.07, 6.45) is 5.54. The van der Waals surface area contributed by atoms with Crippen LogP contribution in [0.4, 0.5) is 0 Å². The van der Waals surface area contributed by atoms with Gasteiger partial charge in [0.15, 0.2) is 5.69 Å². The highest BCUT2D eigenvalue weighted by molar-refractivity contribution is 5.94. The van der Waals surface area contributed by atoms with Crippen molar-refractivity contribution in [1.82, 2.24) is 24.2 Å². The summed E-state index contributed by atoms with van der Waals surface area (Å²) in [5.41, 5.74) is 10.3. The Kier molecular flexibility index (Phi) is 4.96. The van der Waals surface area contributed by atoms with Crippen LogP contribution in [-0.2, 0) is 7.05 Å². The van der Waals surface area contributed by atoms with E-state index in [2.05, 4.69) is 16.2 Å². The van der Waals surface area contributed by atoms with Gasteiger partial charge in [0.1, 0.15) is 5.65 Å². The van der Waals surface area contributed by atoms with Crippen molar-refractivity contribution in [3.8, 4) is 23.0 Å². The molecule has 8 nitrogen and oxygen atoms in total. The molecule has 4 aromatic rings. The number of carbonyl (C=O) groups is 1. The Labute approximate surface area is 185 Å². The van der Waals surface area contributed by atoms with E-state index < -0.39 is 0 Å². The molecule has 5 rings (SSSR count). The monoisotopic (exact) mass is 425 g/mol. The van der Waals surface area contributed by atoms with Crippen molar-refractivity contribution in [1.29, 1.82) is 5.26 Å². The lowest BCUT2D eigenvalue weighted by molar-refractivity contribution is 0.0702. The van der Waals surface area contributed by atoms with Crippen molar-refractivity contribution in [3.05, 3.63) is 66.1 Å². The summed E-state index contributed by atoms with van der Waals surface area (Å²) in [4.78, 5) is 19.6. The van der Waals surface area contributed by atoms with Gasteiger partial charge >= 0.3 is 0 Å². The number of amides is 1. The van der Waals surface area contributed by atoms with E-state index >= 15 is 0 Å². The molecule has 2 N–H and O–H groups in total. The van der Waals surface area contributed by atoms with E-state index in [-0.39, 0.29) is 11.9 Å². The summed E-state index contributed by atoms with van der Waals surface area (Å²) in [5.74, 6) is -0.123. The molecular weight excluding hydrogens is 402 g/mol. The lowest BCUT2D eigenvalue weighted by Gasteiger charge is -2.30. The summed E-state index contributed by atoms with van der Waals surface area (Å²) in [7, 11) is 1.95. The number of rotatable bonds is 3. The third-order valence-corrected chi connectivity index (χ3v) is 5.92. The quantitative estimate of drug-likeness (QED) is 0.543. The van der Waals surface area contributed by atoms with Crippen LogP contribution in [0.25, 0.3) is 28.0 Å². The van der Waals surface area contributed by atoms with Gasteiger partial charge in [0.05, 0.1) is 29.2 Å². The molecule has 1 aliphatic heterocycles. The molecule has 160 valence electrons. The maximum atomic E-state index is 13.2. The maximum Gasteiger partial charge on any atom is 0.274 e. The van der Waals surface area contributed by atoms with Crippen molar-refractivity contribution in [2.75, 3.05) is 13.1 Å². The number of nitrogens with zero attached hydrogens (tertiary/aromatic N) is 6. The van der Waals surface area contributed by atoms with Crippen molar-refractivity contribution in [2.24, 2.45) is 12.8 Å². The number of aromatic nitrogens is 4. The summed E-state index contributed by atoms with van der Waals surface area (Å²) >= 11 is 0. The molecule has 0 bridgehead atoms. The Morgan fingerprint density at radius 3 is 2.78 bits per heavy atom. The van der Waals surface area contributed by atoms with Gasteiger partial charge in [-0.2, -0.15) is 10.4 Å². The van der Waals surface area contributed by atoms with E-state index in [1.807, 2.05) is 42.1 Å². The van der Waals surface area contributed by atoms with Gasteiger partial charge in [0.2, 0.25) is 0 Å². The largest absolute Gasteiger partial charge is 0.336 e. The highest BCUT2D eigenvalue weighted by Gasteiger charge is 2.26. The Hall–Kier alpha value is -3.96. The molecule has 3 aromatic heterocycles. The predicted molar refractivity (Wildman–Crippen MR) is 121 cm³/mol. The van der Waals surface area contributed by atoms with Gasteiger partial charge in [0, 0.05) is 43.3 Å². The van der Waals surface area contributed by atoms with E-state index in [4.69, 9.17) is 11.0 Å². The fraction of sp³-hybridized carbons (Fsp3) is 0.250. The van der Waals surface area contributed by atoms with Gasteiger partial charge in [-0.25, -0.2) is 9.67 Å². The normalized spacial score (nSPS) is 16.3. The van der Waals surface area contributed by atoms with Crippen LogP contribution in [0.15, 0.2) is 54.9 Å². The zero-order valence-electron chi connectivity index (χ0n) is 17.8. The van der Waals surface area contributed by atoms with Crippen LogP contribution in [0.5, 0.6) is 0 Å². The Morgan fingerprint density at radius 2 is 2.03 bits per heavy atom. The summed E-state index contributed by atoms with van der Waals surface area (Å²) in [6, 6.07) is 15.2. The molecule has 0 aliphatic carbocycles. The number of benzene rings is 1. The Bertz CT molecular complexity index is 1340. The molecule has 1 aromatic carbocycles. The molecule has 1 saturated heterocycles. The van der Waals surface area contributed by atoms with Crippen molar-refractivity contribution < 1.29 is 4.79 Å². The molecule has 1 aliphatic rings. The van der Waals surface area contributed by atoms with Crippen molar-refractivity contribution in [2.45, 2.75) is 18.9 Å². The molecule has 1 unspecified atom stereocenters. The van der Waals surface area contributed by atoms with Crippen LogP contribution in [0.1, 0.15) is 28.9 Å². The van der Waals surface area contributed by atoms with Crippen LogP contribution in [-0.4, -0.2) is 49.3 Å². The fourth-order valence-corrected chi connectivity index (χ4v) is 4.22. The number of pyridine rings is 1. The zero-order chi connectivity index (χ0) is 22.2. The number of nitriles is 1. The molecule has 0 radical (unpaired) electrons. The predicted octanol–water partition coefficient (Wildman–Crippen LogP) is 2.86. The van der Waals surface area contributed by atoms with Gasteiger partial charge in [-0.1, -0.05) is 12.1 Å². The minimum Gasteiger partial charge on any atom is -0.336 e. The van der Waals surface area contributed by atoms with Gasteiger partial charge < -0.3 is 15.2 Å². The first-order valence-corrected chi connectivity index (χ1v) is 10.6. The summed E-state index contributed by atoms with van der Waals surface area (Å²) < 4.78 is 3.70. The first-order chi connectivity index (χ1) is 15.5. The van der Waals surface area contributed by atoms with E-state index in [1.165, 1.54) is 0 Å². The van der Waals surface area contributed by atoms with Crippen LogP contribution < -0.4 is 5.73 Å². The second-order valence-electron chi connectivity index (χ2n) is 8.20. The average Bonchev–Trinajstić information content (AvgIpc) is 3.43. The van der Waals surface area contributed by atoms with E-state index in [1.54, 1.807) is 34.0 Å². The lowest BCUT2D eigenvalue weighted by Crippen LogP contribution is -2.45. The Morgan fingerprint density at radius 1 is 1.22 bits per heavy atom. The topological polar surface area (TPSA) is 106 Å². The molecule has 8 heteroatoms.